The second-order valence-electron chi connectivity index (χ2n) is 10.6. The molecule has 2 amide bonds. The number of carbonyl (C=O) groups is 2. The summed E-state index contributed by atoms with van der Waals surface area (Å²) in [5, 5.41) is 9.34. The predicted octanol–water partition coefficient (Wildman–Crippen LogP) is 6.84. The van der Waals surface area contributed by atoms with Gasteiger partial charge in [-0.25, -0.2) is 0 Å². The van der Waals surface area contributed by atoms with Crippen LogP contribution in [-0.4, -0.2) is 41.7 Å². The van der Waals surface area contributed by atoms with E-state index in [1.54, 1.807) is 61.4 Å². The molecule has 0 saturated heterocycles. The molecular weight excluding hydrogens is 576 g/mol. The van der Waals surface area contributed by atoms with Gasteiger partial charge in [0, 0.05) is 69.9 Å². The first kappa shape index (κ1) is 26.9. The summed E-state index contributed by atoms with van der Waals surface area (Å²) in [4.78, 5) is 53.8. The number of benzene rings is 2. The molecule has 46 heavy (non-hydrogen) atoms. The van der Waals surface area contributed by atoms with Gasteiger partial charge in [0.2, 0.25) is 0 Å². The summed E-state index contributed by atoms with van der Waals surface area (Å²) in [5.74, 6) is -0.644. The quantitative estimate of drug-likeness (QED) is 0.206. The zero-order chi connectivity index (χ0) is 31.0. The molecular formula is C36H22N8O2. The lowest BCUT2D eigenvalue weighted by Gasteiger charge is -2.12. The molecule has 10 nitrogen and oxygen atoms in total. The summed E-state index contributed by atoms with van der Waals surface area (Å²) < 4.78 is 0. The van der Waals surface area contributed by atoms with Crippen LogP contribution in [-0.2, 0) is 0 Å². The molecule has 0 aliphatic carbocycles. The molecule has 6 heterocycles. The summed E-state index contributed by atoms with van der Waals surface area (Å²) in [6.07, 6.45) is 9.95. The van der Waals surface area contributed by atoms with Crippen molar-refractivity contribution in [2.45, 2.75) is 0 Å². The van der Waals surface area contributed by atoms with E-state index < -0.39 is 0 Å². The largest absolute Gasteiger partial charge is 0.321 e. The van der Waals surface area contributed by atoms with E-state index in [-0.39, 0.29) is 11.8 Å². The Hall–Kier alpha value is -6.68. The zero-order valence-corrected chi connectivity index (χ0v) is 24.0. The van der Waals surface area contributed by atoms with Crippen LogP contribution in [0.15, 0.2) is 122 Å². The van der Waals surface area contributed by atoms with Crippen LogP contribution in [0.25, 0.3) is 55.0 Å². The van der Waals surface area contributed by atoms with Crippen molar-refractivity contribution in [3.05, 3.63) is 133 Å². The minimum absolute atomic E-state index is 0.322. The van der Waals surface area contributed by atoms with Gasteiger partial charge in [0.25, 0.3) is 11.8 Å². The summed E-state index contributed by atoms with van der Waals surface area (Å²) in [6, 6.07) is 25.3. The molecule has 0 spiro atoms. The highest BCUT2D eigenvalue weighted by molar-refractivity contribution is 6.16. The number of fused-ring (bicyclic) bond motifs is 6. The van der Waals surface area contributed by atoms with Crippen LogP contribution in [0.4, 0.5) is 11.4 Å². The van der Waals surface area contributed by atoms with E-state index in [1.165, 1.54) is 0 Å². The topological polar surface area (TPSA) is 136 Å². The molecule has 0 aliphatic heterocycles. The van der Waals surface area contributed by atoms with E-state index in [9.17, 15) is 9.59 Å². The molecule has 6 aromatic heterocycles. The number of amides is 2. The van der Waals surface area contributed by atoms with E-state index in [2.05, 4.69) is 40.5 Å². The number of aromatic nitrogens is 6. The lowest BCUT2D eigenvalue weighted by molar-refractivity contribution is 0.101. The van der Waals surface area contributed by atoms with E-state index in [0.717, 1.165) is 32.6 Å². The van der Waals surface area contributed by atoms with Crippen LogP contribution < -0.4 is 10.6 Å². The Kier molecular flexibility index (Phi) is 6.50. The minimum atomic E-state index is -0.322. The first-order valence-electron chi connectivity index (χ1n) is 14.4. The van der Waals surface area contributed by atoms with E-state index in [1.807, 2.05) is 60.7 Å². The van der Waals surface area contributed by atoms with Gasteiger partial charge in [0.15, 0.2) is 0 Å². The third kappa shape index (κ3) is 4.80. The molecule has 0 unspecified atom stereocenters. The maximum atomic E-state index is 13.5. The number of nitrogens with one attached hydrogen (secondary N) is 2. The maximum Gasteiger partial charge on any atom is 0.255 e. The summed E-state index contributed by atoms with van der Waals surface area (Å²) in [5.41, 5.74) is 5.84. The van der Waals surface area contributed by atoms with E-state index in [4.69, 9.17) is 0 Å². The Balaban J connectivity index is 1.08. The number of carbonyl (C=O) groups excluding carboxylic acids is 2. The highest BCUT2D eigenvalue weighted by atomic mass is 16.2. The number of pyridine rings is 6. The van der Waals surface area contributed by atoms with Gasteiger partial charge in [0.05, 0.1) is 44.8 Å². The average molecular weight is 599 g/mol. The summed E-state index contributed by atoms with van der Waals surface area (Å²) in [6.45, 7) is 0. The highest BCUT2D eigenvalue weighted by Crippen LogP contribution is 2.31. The second kappa shape index (κ2) is 11.1. The van der Waals surface area contributed by atoms with Crippen LogP contribution in [0.3, 0.4) is 0 Å². The van der Waals surface area contributed by atoms with Crippen LogP contribution in [0.5, 0.6) is 0 Å². The average Bonchev–Trinajstić information content (AvgIpc) is 3.12. The van der Waals surface area contributed by atoms with Gasteiger partial charge < -0.3 is 10.6 Å². The first-order valence-corrected chi connectivity index (χ1v) is 14.4. The van der Waals surface area contributed by atoms with Crippen molar-refractivity contribution in [1.29, 1.82) is 0 Å². The third-order valence-electron chi connectivity index (χ3n) is 7.72. The molecule has 8 rings (SSSR count). The Bertz CT molecular complexity index is 2320. The lowest BCUT2D eigenvalue weighted by atomic mass is 10.1. The molecule has 0 radical (unpaired) electrons. The van der Waals surface area contributed by atoms with Crippen LogP contribution in [0, 0.1) is 0 Å². The van der Waals surface area contributed by atoms with Crippen molar-refractivity contribution in [1.82, 2.24) is 29.9 Å². The Morgan fingerprint density at radius 3 is 1.30 bits per heavy atom. The van der Waals surface area contributed by atoms with Crippen molar-refractivity contribution < 1.29 is 9.59 Å². The predicted molar refractivity (Wildman–Crippen MR) is 177 cm³/mol. The molecule has 2 N–H and O–H groups in total. The van der Waals surface area contributed by atoms with E-state index in [0.29, 0.717) is 44.9 Å². The molecule has 10 heteroatoms. The van der Waals surface area contributed by atoms with Crippen LogP contribution >= 0.6 is 0 Å². The van der Waals surface area contributed by atoms with E-state index >= 15 is 0 Å². The molecule has 8 aromatic rings. The zero-order valence-electron chi connectivity index (χ0n) is 24.0. The van der Waals surface area contributed by atoms with Gasteiger partial charge in [-0.2, -0.15) is 0 Å². The summed E-state index contributed by atoms with van der Waals surface area (Å²) in [7, 11) is 0. The fourth-order valence-corrected chi connectivity index (χ4v) is 5.57. The monoisotopic (exact) mass is 598 g/mol. The molecule has 0 saturated carbocycles. The molecule has 0 atom stereocenters. The van der Waals surface area contributed by atoms with Gasteiger partial charge in [-0.1, -0.05) is 12.1 Å². The van der Waals surface area contributed by atoms with Gasteiger partial charge in [-0.3, -0.25) is 39.5 Å². The molecule has 0 bridgehead atoms. The smallest absolute Gasteiger partial charge is 0.255 e. The van der Waals surface area contributed by atoms with Crippen molar-refractivity contribution in [2.24, 2.45) is 0 Å². The number of hydrogen-bond donors (Lipinski definition) is 2. The number of hydrogen-bond acceptors (Lipinski definition) is 8. The minimum Gasteiger partial charge on any atom is -0.321 e. The van der Waals surface area contributed by atoms with Crippen molar-refractivity contribution >= 4 is 66.8 Å². The fraction of sp³-hybridized carbons (Fsp3) is 0. The van der Waals surface area contributed by atoms with Crippen LogP contribution in [0.1, 0.15) is 20.7 Å². The Morgan fingerprint density at radius 2 is 0.848 bits per heavy atom. The standard InChI is InChI=1S/C36H22N8O2/c45-35(43-27-17-21-5-1-11-39-31(21)33-25(27)7-3-13-41-33)23-9-15-37-29(19-23)30-20-24(10-16-38-30)36(46)44-28-18-22-6-2-12-40-32(22)34-26(28)8-4-14-42-34/h1-20H,(H,43,45)(H,44,46). The Morgan fingerprint density at radius 1 is 0.435 bits per heavy atom. The van der Waals surface area contributed by atoms with Gasteiger partial charge in [0.1, 0.15) is 0 Å². The molecule has 2 aromatic carbocycles. The SMILES string of the molecule is O=C(Nc1cc2cccnc2c2ncccc12)c1ccnc(-c2cc(C(=O)Nc3cc4cccnc4c4ncccc34)ccn2)c1. The van der Waals surface area contributed by atoms with Crippen LogP contribution in [0.2, 0.25) is 0 Å². The molecule has 218 valence electrons. The van der Waals surface area contributed by atoms with Gasteiger partial charge in [-0.15, -0.1) is 0 Å². The summed E-state index contributed by atoms with van der Waals surface area (Å²) >= 11 is 0. The van der Waals surface area contributed by atoms with Gasteiger partial charge >= 0.3 is 0 Å². The number of anilines is 2. The van der Waals surface area contributed by atoms with Crippen molar-refractivity contribution in [2.75, 3.05) is 10.6 Å². The van der Waals surface area contributed by atoms with Gasteiger partial charge in [-0.05, 0) is 72.8 Å². The second-order valence-corrected chi connectivity index (χ2v) is 10.6. The number of nitrogens with zero attached hydrogens (tertiary/aromatic N) is 6. The highest BCUT2D eigenvalue weighted by Gasteiger charge is 2.16. The molecule has 0 aliphatic rings. The normalized spacial score (nSPS) is 11.2. The Labute approximate surface area is 261 Å². The van der Waals surface area contributed by atoms with Crippen molar-refractivity contribution in [3.63, 3.8) is 0 Å². The lowest BCUT2D eigenvalue weighted by Crippen LogP contribution is -2.13. The van der Waals surface area contributed by atoms with Crippen molar-refractivity contribution in [3.8, 4) is 11.4 Å². The fourth-order valence-electron chi connectivity index (χ4n) is 5.57. The number of rotatable bonds is 5. The maximum absolute atomic E-state index is 13.5. The molecule has 0 fully saturated rings. The first-order chi connectivity index (χ1) is 22.6. The third-order valence-corrected chi connectivity index (χ3v) is 7.72.